The van der Waals surface area contributed by atoms with Crippen LogP contribution in [0.15, 0.2) is 41.3 Å². The molecule has 10 nitrogen and oxygen atoms in total. The molecule has 0 saturated carbocycles. The Morgan fingerprint density at radius 1 is 1.12 bits per heavy atom. The minimum absolute atomic E-state index is 0.0962. The Bertz CT molecular complexity index is 1360. The van der Waals surface area contributed by atoms with Crippen LogP contribution in [0.4, 0.5) is 4.39 Å². The van der Waals surface area contributed by atoms with Crippen molar-refractivity contribution in [3.05, 3.63) is 59.1 Å². The molecule has 0 atom stereocenters. The fourth-order valence-electron chi connectivity index (χ4n) is 6.91. The highest BCUT2D eigenvalue weighted by molar-refractivity contribution is 5.80. The first kappa shape index (κ1) is 29.7. The van der Waals surface area contributed by atoms with E-state index in [1.165, 1.54) is 6.07 Å². The van der Waals surface area contributed by atoms with Gasteiger partial charge in [0.1, 0.15) is 17.9 Å². The second kappa shape index (κ2) is 13.9. The van der Waals surface area contributed by atoms with E-state index in [0.29, 0.717) is 63.2 Å². The highest BCUT2D eigenvalue weighted by Gasteiger charge is 2.32. The van der Waals surface area contributed by atoms with Gasteiger partial charge in [-0.15, -0.1) is 10.2 Å². The van der Waals surface area contributed by atoms with E-state index in [0.717, 1.165) is 80.9 Å². The van der Waals surface area contributed by atoms with Gasteiger partial charge >= 0.3 is 0 Å². The molecular formula is C32H42FN7O3. The Labute approximate surface area is 252 Å². The van der Waals surface area contributed by atoms with Crippen LogP contribution in [0.25, 0.3) is 5.57 Å². The third-order valence-electron chi connectivity index (χ3n) is 9.29. The maximum atomic E-state index is 14.6. The Hall–Kier alpha value is -3.41. The van der Waals surface area contributed by atoms with Crippen molar-refractivity contribution in [2.45, 2.75) is 64.2 Å². The molecule has 1 aromatic carbocycles. The van der Waals surface area contributed by atoms with Crippen LogP contribution < -0.4 is 10.1 Å². The second-order valence-electron chi connectivity index (χ2n) is 11.8. The van der Waals surface area contributed by atoms with Crippen molar-refractivity contribution in [2.75, 3.05) is 46.0 Å². The van der Waals surface area contributed by atoms with Crippen molar-refractivity contribution in [3.8, 4) is 5.75 Å². The molecular weight excluding hydrogens is 549 g/mol. The van der Waals surface area contributed by atoms with E-state index in [9.17, 15) is 9.18 Å². The molecule has 4 aliphatic rings. The molecule has 0 bridgehead atoms. The molecule has 1 aromatic heterocycles. The smallest absolute Gasteiger partial charge is 0.225 e. The molecule has 2 fully saturated rings. The van der Waals surface area contributed by atoms with Crippen molar-refractivity contribution in [3.63, 3.8) is 0 Å². The zero-order valence-corrected chi connectivity index (χ0v) is 24.8. The summed E-state index contributed by atoms with van der Waals surface area (Å²) in [6.45, 7) is 10.1. The van der Waals surface area contributed by atoms with Gasteiger partial charge in [-0.25, -0.2) is 4.39 Å². The molecule has 0 aliphatic carbocycles. The molecule has 0 unspecified atom stereocenters. The van der Waals surface area contributed by atoms with E-state index in [4.69, 9.17) is 9.47 Å². The third-order valence-corrected chi connectivity index (χ3v) is 9.29. The molecule has 2 saturated heterocycles. The second-order valence-corrected chi connectivity index (χ2v) is 11.8. The van der Waals surface area contributed by atoms with Crippen LogP contribution in [0.3, 0.4) is 0 Å². The molecule has 1 N–H and O–H groups in total. The molecule has 2 aromatic rings. The molecule has 230 valence electrons. The molecule has 5 heterocycles. The number of benzene rings is 1. The van der Waals surface area contributed by atoms with Gasteiger partial charge in [0.05, 0.1) is 13.3 Å². The largest absolute Gasteiger partial charge is 0.493 e. The lowest BCUT2D eigenvalue weighted by molar-refractivity contribution is -0.137. The van der Waals surface area contributed by atoms with E-state index in [1.54, 1.807) is 18.6 Å². The number of nitrogens with one attached hydrogen (secondary N) is 1. The number of aromatic nitrogens is 3. The van der Waals surface area contributed by atoms with Crippen LogP contribution in [0.1, 0.15) is 55.5 Å². The summed E-state index contributed by atoms with van der Waals surface area (Å²) in [5.74, 6) is 1.57. The first-order valence-corrected chi connectivity index (χ1v) is 15.6. The number of ether oxygens (including phenoxy) is 2. The third kappa shape index (κ3) is 6.73. The molecule has 0 spiro atoms. The Morgan fingerprint density at radius 3 is 2.77 bits per heavy atom. The van der Waals surface area contributed by atoms with Crippen molar-refractivity contribution < 1.29 is 18.7 Å². The molecule has 1 amide bonds. The molecule has 4 aliphatic heterocycles. The number of hydrogen-bond acceptors (Lipinski definition) is 8. The van der Waals surface area contributed by atoms with Crippen molar-refractivity contribution in [1.29, 1.82) is 0 Å². The van der Waals surface area contributed by atoms with Crippen molar-refractivity contribution in [1.82, 2.24) is 29.9 Å². The summed E-state index contributed by atoms with van der Waals surface area (Å²) < 4.78 is 27.6. The number of aliphatic imine (C=N–C) groups is 1. The number of likely N-dealkylation sites (tertiary alicyclic amines) is 1. The number of carbonyl (C=O) groups excluding carboxylic acids is 1. The summed E-state index contributed by atoms with van der Waals surface area (Å²) in [4.78, 5) is 22.2. The van der Waals surface area contributed by atoms with Gasteiger partial charge in [0.2, 0.25) is 5.91 Å². The summed E-state index contributed by atoms with van der Waals surface area (Å²) in [6, 6.07) is 3.76. The number of carbonyl (C=O) groups is 1. The SMILES string of the molecule is C=N/C=C(/C1=CCCN(C(=O)C2CCN(C3CCOCC3)CC2)CC1)c1nncn1CNCc1c(F)ccc2c1CCO2. The van der Waals surface area contributed by atoms with Gasteiger partial charge in [-0.3, -0.25) is 15.1 Å². The summed E-state index contributed by atoms with van der Waals surface area (Å²) in [6.07, 6.45) is 11.8. The lowest BCUT2D eigenvalue weighted by Gasteiger charge is -2.39. The molecule has 43 heavy (non-hydrogen) atoms. The summed E-state index contributed by atoms with van der Waals surface area (Å²) >= 11 is 0. The van der Waals surface area contributed by atoms with Crippen LogP contribution in [-0.4, -0.2) is 89.2 Å². The van der Waals surface area contributed by atoms with Gasteiger partial charge in [0.25, 0.3) is 0 Å². The average Bonchev–Trinajstić information content (AvgIpc) is 3.65. The van der Waals surface area contributed by atoms with Gasteiger partial charge < -0.3 is 23.8 Å². The van der Waals surface area contributed by atoms with Crippen molar-refractivity contribution >= 4 is 18.2 Å². The van der Waals surface area contributed by atoms with E-state index in [-0.39, 0.29) is 17.6 Å². The highest BCUT2D eigenvalue weighted by Crippen LogP contribution is 2.31. The van der Waals surface area contributed by atoms with Crippen LogP contribution in [0, 0.1) is 11.7 Å². The molecule has 11 heteroatoms. The topological polar surface area (TPSA) is 97.1 Å². The summed E-state index contributed by atoms with van der Waals surface area (Å²) in [5.41, 5.74) is 3.49. The van der Waals surface area contributed by atoms with E-state index < -0.39 is 0 Å². The maximum Gasteiger partial charge on any atom is 0.225 e. The lowest BCUT2D eigenvalue weighted by Crippen LogP contribution is -2.47. The number of amides is 1. The molecule has 0 radical (unpaired) electrons. The zero-order chi connectivity index (χ0) is 29.6. The number of allylic oxidation sites excluding steroid dienone is 1. The monoisotopic (exact) mass is 591 g/mol. The Morgan fingerprint density at radius 2 is 1.95 bits per heavy atom. The fourth-order valence-corrected chi connectivity index (χ4v) is 6.91. The van der Waals surface area contributed by atoms with Gasteiger partial charge in [-0.05, 0) is 76.0 Å². The quantitative estimate of drug-likeness (QED) is 0.446. The number of rotatable bonds is 9. The summed E-state index contributed by atoms with van der Waals surface area (Å²) in [7, 11) is 0. The number of piperidine rings is 1. The van der Waals surface area contributed by atoms with Crippen molar-refractivity contribution in [2.24, 2.45) is 10.9 Å². The Kier molecular flexibility index (Phi) is 9.60. The van der Waals surface area contributed by atoms with Crippen LogP contribution in [0.2, 0.25) is 0 Å². The van der Waals surface area contributed by atoms with Crippen LogP contribution >= 0.6 is 0 Å². The lowest BCUT2D eigenvalue weighted by atomic mass is 9.93. The number of fused-ring (bicyclic) bond motifs is 1. The van der Waals surface area contributed by atoms with E-state index >= 15 is 0 Å². The number of nitrogens with zero attached hydrogens (tertiary/aromatic N) is 6. The Balaban J connectivity index is 1.05. The highest BCUT2D eigenvalue weighted by atomic mass is 19.1. The van der Waals surface area contributed by atoms with Gasteiger partial charge in [0, 0.05) is 74.1 Å². The van der Waals surface area contributed by atoms with Gasteiger partial charge in [-0.1, -0.05) is 6.08 Å². The minimum atomic E-state index is -0.232. The fraction of sp³-hybridized carbons (Fsp3) is 0.562. The first-order chi connectivity index (χ1) is 21.1. The van der Waals surface area contributed by atoms with Gasteiger partial charge in [-0.2, -0.15) is 0 Å². The average molecular weight is 592 g/mol. The van der Waals surface area contributed by atoms with Crippen LogP contribution in [-0.2, 0) is 29.2 Å². The zero-order valence-electron chi connectivity index (χ0n) is 24.8. The number of hydrogen-bond donors (Lipinski definition) is 1. The normalized spacial score (nSPS) is 20.8. The minimum Gasteiger partial charge on any atom is -0.493 e. The van der Waals surface area contributed by atoms with E-state index in [2.05, 4.69) is 38.2 Å². The predicted octanol–water partition coefficient (Wildman–Crippen LogP) is 3.58. The maximum absolute atomic E-state index is 14.6. The number of halogens is 1. The van der Waals surface area contributed by atoms with Gasteiger partial charge in [0.15, 0.2) is 5.82 Å². The van der Waals surface area contributed by atoms with Crippen LogP contribution in [0.5, 0.6) is 5.75 Å². The first-order valence-electron chi connectivity index (χ1n) is 15.6. The predicted molar refractivity (Wildman–Crippen MR) is 162 cm³/mol. The van der Waals surface area contributed by atoms with E-state index in [1.807, 2.05) is 9.47 Å². The molecule has 6 rings (SSSR count). The standard InChI is InChI=1S/C32H42FN7O3/c1-34-19-27(31-37-36-22-40(31)21-35-20-28-26-11-18-43-30(26)5-4-29(28)33)23-3-2-12-39(15-6-23)32(41)24-7-13-38(14-8-24)25-9-16-42-17-10-25/h3-5,19,22,24-25,35H,1-2,6-18,20-21H2/b27-19-. The summed E-state index contributed by atoms with van der Waals surface area (Å²) in [5, 5.41) is 11.9.